The summed E-state index contributed by atoms with van der Waals surface area (Å²) >= 11 is 0. The van der Waals surface area contributed by atoms with Gasteiger partial charge in [-0.05, 0) is 30.7 Å². The first-order chi connectivity index (χ1) is 5.97. The van der Waals surface area contributed by atoms with Gasteiger partial charge < -0.3 is 4.90 Å². The average Bonchev–Trinajstić information content (AvgIpc) is 2.10. The zero-order chi connectivity index (χ0) is 9.90. The van der Waals surface area contributed by atoms with Crippen LogP contribution in [-0.4, -0.2) is 24.5 Å². The first-order valence-corrected chi connectivity index (χ1v) is 5.70. The van der Waals surface area contributed by atoms with Crippen molar-refractivity contribution in [2.75, 3.05) is 19.6 Å². The van der Waals surface area contributed by atoms with Crippen LogP contribution in [0.4, 0.5) is 0 Å². The van der Waals surface area contributed by atoms with Crippen molar-refractivity contribution in [1.29, 1.82) is 0 Å². The largest absolute Gasteiger partial charge is 0.303 e. The summed E-state index contributed by atoms with van der Waals surface area (Å²) in [5, 5.41) is 0. The highest BCUT2D eigenvalue weighted by Gasteiger charge is 2.19. The molecule has 13 heavy (non-hydrogen) atoms. The van der Waals surface area contributed by atoms with Crippen molar-refractivity contribution in [1.82, 2.24) is 4.90 Å². The fraction of sp³-hybridized carbons (Fsp3) is 1.00. The highest BCUT2D eigenvalue weighted by Crippen LogP contribution is 2.20. The second kappa shape index (κ2) is 4.45. The summed E-state index contributed by atoms with van der Waals surface area (Å²) in [6.45, 7) is 13.3. The van der Waals surface area contributed by atoms with Crippen LogP contribution in [-0.2, 0) is 0 Å². The maximum Gasteiger partial charge on any atom is 0.00302 e. The number of likely N-dealkylation sites (tertiary alicyclic amines) is 1. The van der Waals surface area contributed by atoms with Crippen LogP contribution in [0, 0.1) is 11.3 Å². The molecule has 1 fully saturated rings. The molecule has 1 atom stereocenters. The summed E-state index contributed by atoms with van der Waals surface area (Å²) in [5.74, 6) is 0.907. The van der Waals surface area contributed by atoms with Gasteiger partial charge in [-0.15, -0.1) is 0 Å². The fourth-order valence-electron chi connectivity index (χ4n) is 2.27. The van der Waals surface area contributed by atoms with Crippen molar-refractivity contribution < 1.29 is 0 Å². The van der Waals surface area contributed by atoms with E-state index in [0.717, 1.165) is 5.92 Å². The molecule has 1 heterocycles. The van der Waals surface area contributed by atoms with Crippen molar-refractivity contribution in [3.05, 3.63) is 0 Å². The molecule has 0 radical (unpaired) electrons. The Labute approximate surface area is 83.5 Å². The van der Waals surface area contributed by atoms with Gasteiger partial charge in [0.1, 0.15) is 0 Å². The van der Waals surface area contributed by atoms with Crippen LogP contribution < -0.4 is 0 Å². The molecule has 1 rings (SSSR count). The van der Waals surface area contributed by atoms with Gasteiger partial charge >= 0.3 is 0 Å². The van der Waals surface area contributed by atoms with E-state index in [2.05, 4.69) is 32.6 Å². The maximum absolute atomic E-state index is 2.65. The zero-order valence-corrected chi connectivity index (χ0v) is 9.77. The second-order valence-corrected chi connectivity index (χ2v) is 5.90. The molecule has 0 spiro atoms. The lowest BCUT2D eigenvalue weighted by molar-refractivity contribution is 0.181. The molecule has 0 saturated carbocycles. The van der Waals surface area contributed by atoms with Crippen LogP contribution in [0.25, 0.3) is 0 Å². The summed E-state index contributed by atoms with van der Waals surface area (Å²) in [6.07, 6.45) is 4.27. The highest BCUT2D eigenvalue weighted by molar-refractivity contribution is 4.73. The van der Waals surface area contributed by atoms with Gasteiger partial charge in [-0.25, -0.2) is 0 Å². The molecule has 1 heteroatoms. The van der Waals surface area contributed by atoms with E-state index in [4.69, 9.17) is 0 Å². The van der Waals surface area contributed by atoms with Crippen molar-refractivity contribution in [2.24, 2.45) is 11.3 Å². The van der Waals surface area contributed by atoms with E-state index < -0.39 is 0 Å². The average molecular weight is 183 g/mol. The number of rotatable bonds is 1. The molecule has 0 aromatic heterocycles. The van der Waals surface area contributed by atoms with Gasteiger partial charge in [-0.3, -0.25) is 0 Å². The van der Waals surface area contributed by atoms with Gasteiger partial charge in [0.05, 0.1) is 0 Å². The van der Waals surface area contributed by atoms with Crippen LogP contribution in [0.1, 0.15) is 47.0 Å². The molecule has 1 nitrogen and oxygen atoms in total. The Balaban J connectivity index is 2.39. The minimum Gasteiger partial charge on any atom is -0.303 e. The Morgan fingerprint density at radius 3 is 2.54 bits per heavy atom. The normalized spacial score (nSPS) is 27.2. The third-order valence-electron chi connectivity index (χ3n) is 2.69. The predicted molar refractivity (Wildman–Crippen MR) is 58.9 cm³/mol. The first kappa shape index (κ1) is 11.0. The van der Waals surface area contributed by atoms with E-state index in [-0.39, 0.29) is 0 Å². The molecular formula is C12H25N. The van der Waals surface area contributed by atoms with E-state index in [1.807, 2.05) is 0 Å². The highest BCUT2D eigenvalue weighted by atomic mass is 15.1. The fourth-order valence-corrected chi connectivity index (χ4v) is 2.27. The van der Waals surface area contributed by atoms with Crippen molar-refractivity contribution in [2.45, 2.75) is 47.0 Å². The molecule has 0 aliphatic carbocycles. The van der Waals surface area contributed by atoms with Crippen LogP contribution in [0.5, 0.6) is 0 Å². The van der Waals surface area contributed by atoms with E-state index in [1.54, 1.807) is 0 Å². The Bertz CT molecular complexity index is 146. The van der Waals surface area contributed by atoms with Crippen molar-refractivity contribution >= 4 is 0 Å². The molecule has 1 aliphatic rings. The second-order valence-electron chi connectivity index (χ2n) is 5.90. The van der Waals surface area contributed by atoms with E-state index in [9.17, 15) is 0 Å². The SMILES string of the molecule is CC1CCCCN(CC(C)(C)C)C1. The third kappa shape index (κ3) is 4.66. The topological polar surface area (TPSA) is 3.24 Å². The Kier molecular flexibility index (Phi) is 3.78. The molecule has 1 saturated heterocycles. The smallest absolute Gasteiger partial charge is 0.00302 e. The minimum atomic E-state index is 0.462. The molecule has 0 amide bonds. The van der Waals surface area contributed by atoms with Gasteiger partial charge in [0.2, 0.25) is 0 Å². The Morgan fingerprint density at radius 2 is 1.92 bits per heavy atom. The summed E-state index contributed by atoms with van der Waals surface area (Å²) in [4.78, 5) is 2.65. The molecule has 0 N–H and O–H groups in total. The van der Waals surface area contributed by atoms with E-state index >= 15 is 0 Å². The molecule has 1 aliphatic heterocycles. The van der Waals surface area contributed by atoms with Crippen LogP contribution in [0.3, 0.4) is 0 Å². The van der Waals surface area contributed by atoms with Gasteiger partial charge in [0.15, 0.2) is 0 Å². The molecule has 1 unspecified atom stereocenters. The number of nitrogens with zero attached hydrogens (tertiary/aromatic N) is 1. The third-order valence-corrected chi connectivity index (χ3v) is 2.69. The quantitative estimate of drug-likeness (QED) is 0.603. The molecule has 0 aromatic carbocycles. The van der Waals surface area contributed by atoms with Crippen LogP contribution in [0.2, 0.25) is 0 Å². The Hall–Kier alpha value is -0.0400. The summed E-state index contributed by atoms with van der Waals surface area (Å²) in [5.41, 5.74) is 0.462. The molecule has 78 valence electrons. The number of hydrogen-bond donors (Lipinski definition) is 0. The summed E-state index contributed by atoms with van der Waals surface area (Å²) in [6, 6.07) is 0. The van der Waals surface area contributed by atoms with Crippen molar-refractivity contribution in [3.63, 3.8) is 0 Å². The molecule has 0 bridgehead atoms. The van der Waals surface area contributed by atoms with Gasteiger partial charge in [0, 0.05) is 13.1 Å². The van der Waals surface area contributed by atoms with E-state index in [0.29, 0.717) is 5.41 Å². The minimum absolute atomic E-state index is 0.462. The summed E-state index contributed by atoms with van der Waals surface area (Å²) in [7, 11) is 0. The maximum atomic E-state index is 2.65. The van der Waals surface area contributed by atoms with Gasteiger partial charge in [-0.2, -0.15) is 0 Å². The standard InChI is InChI=1S/C12H25N/c1-11-7-5-6-8-13(9-11)10-12(2,3)4/h11H,5-10H2,1-4H3. The van der Waals surface area contributed by atoms with E-state index in [1.165, 1.54) is 38.9 Å². The summed E-state index contributed by atoms with van der Waals surface area (Å²) < 4.78 is 0. The monoisotopic (exact) mass is 183 g/mol. The van der Waals surface area contributed by atoms with Gasteiger partial charge in [0.25, 0.3) is 0 Å². The van der Waals surface area contributed by atoms with Crippen molar-refractivity contribution in [3.8, 4) is 0 Å². The lowest BCUT2D eigenvalue weighted by Crippen LogP contribution is -2.35. The Morgan fingerprint density at radius 1 is 1.23 bits per heavy atom. The predicted octanol–water partition coefficient (Wildman–Crippen LogP) is 3.15. The van der Waals surface area contributed by atoms with Crippen LogP contribution in [0.15, 0.2) is 0 Å². The lowest BCUT2D eigenvalue weighted by Gasteiger charge is -2.30. The number of hydrogen-bond acceptors (Lipinski definition) is 1. The molecular weight excluding hydrogens is 158 g/mol. The van der Waals surface area contributed by atoms with Crippen LogP contribution >= 0.6 is 0 Å². The lowest BCUT2D eigenvalue weighted by atomic mass is 9.95. The van der Waals surface area contributed by atoms with Gasteiger partial charge in [-0.1, -0.05) is 34.1 Å². The zero-order valence-electron chi connectivity index (χ0n) is 9.77. The molecule has 0 aromatic rings. The first-order valence-electron chi connectivity index (χ1n) is 5.70.